The van der Waals surface area contributed by atoms with E-state index in [-0.39, 0.29) is 5.69 Å². The van der Waals surface area contributed by atoms with Crippen molar-refractivity contribution in [1.29, 1.82) is 0 Å². The van der Waals surface area contributed by atoms with E-state index in [1.54, 1.807) is 42.5 Å². The van der Waals surface area contributed by atoms with E-state index in [0.29, 0.717) is 28.0 Å². The highest BCUT2D eigenvalue weighted by Gasteiger charge is 2.10. The van der Waals surface area contributed by atoms with Crippen LogP contribution in [0.2, 0.25) is 0 Å². The van der Waals surface area contributed by atoms with Gasteiger partial charge in [-0.05, 0) is 35.9 Å². The zero-order valence-electron chi connectivity index (χ0n) is 14.1. The van der Waals surface area contributed by atoms with Gasteiger partial charge in [-0.3, -0.25) is 10.1 Å². The van der Waals surface area contributed by atoms with Gasteiger partial charge in [-0.2, -0.15) is 0 Å². The topological polar surface area (TPSA) is 91.8 Å². The number of nitro benzene ring substituents is 1. The molecule has 0 atom stereocenters. The first-order chi connectivity index (χ1) is 12.5. The number of nitro groups is 1. The summed E-state index contributed by atoms with van der Waals surface area (Å²) in [6.07, 6.45) is 3.28. The zero-order valence-corrected chi connectivity index (χ0v) is 14.1. The minimum absolute atomic E-state index is 0.00779. The van der Waals surface area contributed by atoms with E-state index in [9.17, 15) is 14.9 Å². The van der Waals surface area contributed by atoms with E-state index in [1.165, 1.54) is 26.4 Å². The Kier molecular flexibility index (Phi) is 4.70. The van der Waals surface area contributed by atoms with Crippen LogP contribution in [-0.2, 0) is 0 Å². The first-order valence-corrected chi connectivity index (χ1v) is 7.64. The van der Waals surface area contributed by atoms with Gasteiger partial charge < -0.3 is 13.9 Å². The fourth-order valence-corrected chi connectivity index (χ4v) is 2.47. The molecule has 0 N–H and O–H groups in total. The van der Waals surface area contributed by atoms with Crippen LogP contribution in [0.25, 0.3) is 23.1 Å². The summed E-state index contributed by atoms with van der Waals surface area (Å²) in [5.74, 6) is 0.997. The number of nitrogens with zero attached hydrogens (tertiary/aromatic N) is 1. The third kappa shape index (κ3) is 3.41. The summed E-state index contributed by atoms with van der Waals surface area (Å²) in [6.45, 7) is 0. The molecule has 0 bridgehead atoms. The van der Waals surface area contributed by atoms with E-state index >= 15 is 0 Å². The molecule has 3 rings (SSSR count). The predicted octanol–water partition coefficient (Wildman–Crippen LogP) is 3.89. The van der Waals surface area contributed by atoms with Crippen molar-refractivity contribution in [3.05, 3.63) is 74.1 Å². The van der Waals surface area contributed by atoms with Gasteiger partial charge in [-0.25, -0.2) is 4.79 Å². The molecule has 1 heterocycles. The van der Waals surface area contributed by atoms with Crippen molar-refractivity contribution in [2.45, 2.75) is 0 Å². The molecule has 26 heavy (non-hydrogen) atoms. The van der Waals surface area contributed by atoms with E-state index in [4.69, 9.17) is 13.9 Å². The van der Waals surface area contributed by atoms with E-state index in [0.717, 1.165) is 5.56 Å². The summed E-state index contributed by atoms with van der Waals surface area (Å²) >= 11 is 0. The predicted molar refractivity (Wildman–Crippen MR) is 97.6 cm³/mol. The Morgan fingerprint density at radius 1 is 1.00 bits per heavy atom. The molecule has 0 spiro atoms. The zero-order chi connectivity index (χ0) is 18.7. The summed E-state index contributed by atoms with van der Waals surface area (Å²) in [5, 5.41) is 11.4. The molecule has 3 aromatic rings. The number of benzene rings is 2. The van der Waals surface area contributed by atoms with Gasteiger partial charge in [-0.1, -0.05) is 6.08 Å². The van der Waals surface area contributed by atoms with E-state index in [2.05, 4.69) is 0 Å². The van der Waals surface area contributed by atoms with E-state index in [1.807, 2.05) is 0 Å². The molecule has 0 aliphatic carbocycles. The van der Waals surface area contributed by atoms with Crippen LogP contribution in [0.3, 0.4) is 0 Å². The number of methoxy groups -OCH3 is 2. The molecule has 7 nitrogen and oxygen atoms in total. The number of fused-ring (bicyclic) bond motifs is 1. The van der Waals surface area contributed by atoms with Gasteiger partial charge in [0, 0.05) is 23.6 Å². The lowest BCUT2D eigenvalue weighted by atomic mass is 10.1. The van der Waals surface area contributed by atoms with Crippen molar-refractivity contribution in [2.24, 2.45) is 0 Å². The van der Waals surface area contributed by atoms with Crippen LogP contribution in [-0.4, -0.2) is 19.1 Å². The summed E-state index contributed by atoms with van der Waals surface area (Å²) < 4.78 is 15.8. The SMILES string of the molecule is COc1cc2cc(/C=C/c3ccc([N+](=O)[O-])cc3)c(=O)oc2cc1OC. The normalized spacial score (nSPS) is 11.0. The monoisotopic (exact) mass is 353 g/mol. The molecule has 0 aliphatic rings. The van der Waals surface area contributed by atoms with Crippen LogP contribution < -0.4 is 15.1 Å². The summed E-state index contributed by atoms with van der Waals surface area (Å²) in [4.78, 5) is 22.4. The minimum atomic E-state index is -0.497. The summed E-state index contributed by atoms with van der Waals surface area (Å²) in [5.41, 5.74) is 0.974. The lowest BCUT2D eigenvalue weighted by Gasteiger charge is -2.08. The maximum absolute atomic E-state index is 12.2. The molecule has 0 saturated carbocycles. The Morgan fingerprint density at radius 3 is 2.27 bits per heavy atom. The van der Waals surface area contributed by atoms with Gasteiger partial charge in [0.15, 0.2) is 11.5 Å². The molecular weight excluding hydrogens is 338 g/mol. The van der Waals surface area contributed by atoms with E-state index < -0.39 is 10.5 Å². The van der Waals surface area contributed by atoms with Gasteiger partial charge in [-0.15, -0.1) is 0 Å². The van der Waals surface area contributed by atoms with Crippen molar-refractivity contribution in [1.82, 2.24) is 0 Å². The second kappa shape index (κ2) is 7.10. The van der Waals surface area contributed by atoms with Gasteiger partial charge in [0.2, 0.25) is 0 Å². The minimum Gasteiger partial charge on any atom is -0.493 e. The Hall–Kier alpha value is -3.61. The molecule has 0 fully saturated rings. The Morgan fingerprint density at radius 2 is 1.65 bits per heavy atom. The molecular formula is C19H15NO6. The van der Waals surface area contributed by atoms with Crippen LogP contribution in [0, 0.1) is 10.1 Å². The number of hydrogen-bond donors (Lipinski definition) is 0. The van der Waals surface area contributed by atoms with Gasteiger partial charge in [0.05, 0.1) is 24.7 Å². The Labute approximate surface area is 148 Å². The van der Waals surface area contributed by atoms with Crippen molar-refractivity contribution in [3.63, 3.8) is 0 Å². The van der Waals surface area contributed by atoms with Crippen molar-refractivity contribution in [2.75, 3.05) is 14.2 Å². The smallest absolute Gasteiger partial charge is 0.343 e. The number of hydrogen-bond acceptors (Lipinski definition) is 6. The third-order valence-corrected chi connectivity index (χ3v) is 3.82. The quantitative estimate of drug-likeness (QED) is 0.392. The first-order valence-electron chi connectivity index (χ1n) is 7.64. The lowest BCUT2D eigenvalue weighted by molar-refractivity contribution is -0.384. The highest BCUT2D eigenvalue weighted by Crippen LogP contribution is 2.32. The number of rotatable bonds is 5. The number of non-ortho nitro benzene ring substituents is 1. The highest BCUT2D eigenvalue weighted by atomic mass is 16.6. The fourth-order valence-electron chi connectivity index (χ4n) is 2.47. The molecule has 0 radical (unpaired) electrons. The van der Waals surface area contributed by atoms with Crippen LogP contribution in [0.5, 0.6) is 11.5 Å². The summed E-state index contributed by atoms with van der Waals surface area (Å²) in [7, 11) is 3.03. The van der Waals surface area contributed by atoms with Gasteiger partial charge >= 0.3 is 5.63 Å². The van der Waals surface area contributed by atoms with Crippen LogP contribution in [0.15, 0.2) is 51.7 Å². The van der Waals surface area contributed by atoms with Crippen molar-refractivity contribution < 1.29 is 18.8 Å². The largest absolute Gasteiger partial charge is 0.493 e. The van der Waals surface area contributed by atoms with Crippen molar-refractivity contribution in [3.8, 4) is 11.5 Å². The number of ether oxygens (including phenoxy) is 2. The van der Waals surface area contributed by atoms with Crippen molar-refractivity contribution >= 4 is 28.8 Å². The second-order valence-electron chi connectivity index (χ2n) is 5.42. The molecule has 1 aromatic heterocycles. The maximum Gasteiger partial charge on any atom is 0.343 e. The average molecular weight is 353 g/mol. The molecule has 7 heteroatoms. The molecule has 132 valence electrons. The Bertz CT molecular complexity index is 1050. The molecule has 2 aromatic carbocycles. The second-order valence-corrected chi connectivity index (χ2v) is 5.42. The van der Waals surface area contributed by atoms with Crippen LogP contribution in [0.1, 0.15) is 11.1 Å². The lowest BCUT2D eigenvalue weighted by Crippen LogP contribution is -2.02. The van der Waals surface area contributed by atoms with Gasteiger partial charge in [0.25, 0.3) is 5.69 Å². The maximum atomic E-state index is 12.2. The molecule has 0 aliphatic heterocycles. The van der Waals surface area contributed by atoms with Crippen LogP contribution in [0.4, 0.5) is 5.69 Å². The fraction of sp³-hybridized carbons (Fsp3) is 0.105. The van der Waals surface area contributed by atoms with Crippen LogP contribution >= 0.6 is 0 Å². The third-order valence-electron chi connectivity index (χ3n) is 3.82. The standard InChI is InChI=1S/C19H15NO6/c1-24-17-10-14-9-13(19(21)26-16(14)11-18(17)25-2)6-3-12-4-7-15(8-5-12)20(22)23/h3-11H,1-2H3/b6-3+. The Balaban J connectivity index is 1.98. The molecule has 0 saturated heterocycles. The summed E-state index contributed by atoms with van der Waals surface area (Å²) in [6, 6.07) is 11.0. The highest BCUT2D eigenvalue weighted by molar-refractivity contribution is 5.84. The average Bonchev–Trinajstić information content (AvgIpc) is 2.65. The first kappa shape index (κ1) is 17.2. The molecule has 0 unspecified atom stereocenters. The van der Waals surface area contributed by atoms with Gasteiger partial charge in [0.1, 0.15) is 5.58 Å². The molecule has 0 amide bonds.